The summed E-state index contributed by atoms with van der Waals surface area (Å²) in [5.41, 5.74) is 3.30. The van der Waals surface area contributed by atoms with E-state index in [2.05, 4.69) is 45.0 Å². The molecule has 2 N–H and O–H groups in total. The molecule has 0 aliphatic rings. The summed E-state index contributed by atoms with van der Waals surface area (Å²) in [7, 11) is 3.45. The monoisotopic (exact) mass is 407 g/mol. The average molecular weight is 408 g/mol. The number of anilines is 1. The molecule has 0 amide bonds. The first-order chi connectivity index (χ1) is 14.8. The second kappa shape index (κ2) is 11.6. The van der Waals surface area contributed by atoms with Crippen molar-refractivity contribution >= 4 is 11.6 Å². The first kappa shape index (κ1) is 21.4. The third-order valence-corrected chi connectivity index (χ3v) is 4.44. The van der Waals surface area contributed by atoms with E-state index in [1.165, 1.54) is 11.1 Å². The quantitative estimate of drug-likeness (QED) is 0.306. The van der Waals surface area contributed by atoms with Gasteiger partial charge >= 0.3 is 0 Å². The Morgan fingerprint density at radius 3 is 2.73 bits per heavy atom. The molecule has 0 aliphatic heterocycles. The van der Waals surface area contributed by atoms with E-state index >= 15 is 0 Å². The smallest absolute Gasteiger partial charge is 0.195 e. The summed E-state index contributed by atoms with van der Waals surface area (Å²) >= 11 is 0. The fourth-order valence-corrected chi connectivity index (χ4v) is 2.98. The van der Waals surface area contributed by atoms with E-state index in [0.29, 0.717) is 25.7 Å². The maximum absolute atomic E-state index is 5.76. The SMILES string of the molecule is CN=C(NCc1cccc(Cn2cccn2)c1)Nc1cccc(OCCCOC)c1. The van der Waals surface area contributed by atoms with Crippen molar-refractivity contribution in [3.8, 4) is 5.75 Å². The number of benzene rings is 2. The fraction of sp³-hybridized carbons (Fsp3) is 0.304. The van der Waals surface area contributed by atoms with Gasteiger partial charge in [0.2, 0.25) is 0 Å². The van der Waals surface area contributed by atoms with Crippen molar-refractivity contribution in [1.29, 1.82) is 0 Å². The first-order valence-electron chi connectivity index (χ1n) is 10.0. The second-order valence-corrected chi connectivity index (χ2v) is 6.80. The molecule has 0 atom stereocenters. The highest BCUT2D eigenvalue weighted by molar-refractivity contribution is 5.93. The van der Waals surface area contributed by atoms with Crippen LogP contribution in [-0.4, -0.2) is 43.1 Å². The number of nitrogens with zero attached hydrogens (tertiary/aromatic N) is 3. The normalized spacial score (nSPS) is 11.3. The number of guanidine groups is 1. The number of aliphatic imine (C=N–C) groups is 1. The van der Waals surface area contributed by atoms with E-state index in [1.54, 1.807) is 20.4 Å². The highest BCUT2D eigenvalue weighted by Crippen LogP contribution is 2.17. The van der Waals surface area contributed by atoms with Crippen LogP contribution in [0, 0.1) is 0 Å². The Kier molecular flexibility index (Phi) is 8.29. The molecule has 1 heterocycles. The van der Waals surface area contributed by atoms with Gasteiger partial charge in [-0.05, 0) is 29.3 Å². The van der Waals surface area contributed by atoms with Gasteiger partial charge < -0.3 is 20.1 Å². The highest BCUT2D eigenvalue weighted by Gasteiger charge is 2.03. The van der Waals surface area contributed by atoms with Crippen molar-refractivity contribution in [2.24, 2.45) is 4.99 Å². The van der Waals surface area contributed by atoms with E-state index < -0.39 is 0 Å². The molecule has 2 aromatic carbocycles. The van der Waals surface area contributed by atoms with E-state index in [1.807, 2.05) is 41.2 Å². The average Bonchev–Trinajstić information content (AvgIpc) is 3.28. The molecule has 0 saturated heterocycles. The van der Waals surface area contributed by atoms with Crippen molar-refractivity contribution in [1.82, 2.24) is 15.1 Å². The molecule has 0 spiro atoms. The van der Waals surface area contributed by atoms with Gasteiger partial charge in [0, 0.05) is 57.9 Å². The Labute approximate surface area is 177 Å². The van der Waals surface area contributed by atoms with Crippen molar-refractivity contribution in [2.75, 3.05) is 32.7 Å². The lowest BCUT2D eigenvalue weighted by Gasteiger charge is -2.14. The molecule has 0 fully saturated rings. The summed E-state index contributed by atoms with van der Waals surface area (Å²) in [5, 5.41) is 10.9. The predicted molar refractivity (Wildman–Crippen MR) is 120 cm³/mol. The van der Waals surface area contributed by atoms with Crippen LogP contribution in [0.15, 0.2) is 72.0 Å². The lowest BCUT2D eigenvalue weighted by molar-refractivity contribution is 0.172. The molecule has 158 valence electrons. The minimum atomic E-state index is 0.624. The van der Waals surface area contributed by atoms with Crippen LogP contribution in [-0.2, 0) is 17.8 Å². The summed E-state index contributed by atoms with van der Waals surface area (Å²) in [4.78, 5) is 4.32. The lowest BCUT2D eigenvalue weighted by Crippen LogP contribution is -2.30. The zero-order valence-corrected chi connectivity index (χ0v) is 17.5. The topological polar surface area (TPSA) is 72.7 Å². The molecule has 0 bridgehead atoms. The summed E-state index contributed by atoms with van der Waals surface area (Å²) < 4.78 is 12.7. The van der Waals surface area contributed by atoms with Crippen LogP contribution in [0.1, 0.15) is 17.5 Å². The van der Waals surface area contributed by atoms with Crippen LogP contribution in [0.3, 0.4) is 0 Å². The predicted octanol–water partition coefficient (Wildman–Crippen LogP) is 3.53. The van der Waals surface area contributed by atoms with Gasteiger partial charge in [0.25, 0.3) is 0 Å². The Bertz CT molecular complexity index is 925. The zero-order valence-electron chi connectivity index (χ0n) is 17.5. The van der Waals surface area contributed by atoms with Crippen LogP contribution < -0.4 is 15.4 Å². The van der Waals surface area contributed by atoms with Gasteiger partial charge in [-0.1, -0.05) is 30.3 Å². The minimum absolute atomic E-state index is 0.624. The number of nitrogens with one attached hydrogen (secondary N) is 2. The third kappa shape index (κ3) is 6.93. The Balaban J connectivity index is 1.52. The van der Waals surface area contributed by atoms with Crippen LogP contribution in [0.25, 0.3) is 0 Å². The van der Waals surface area contributed by atoms with Gasteiger partial charge in [-0.3, -0.25) is 9.67 Å². The van der Waals surface area contributed by atoms with Gasteiger partial charge in [0.1, 0.15) is 5.75 Å². The van der Waals surface area contributed by atoms with Crippen molar-refractivity contribution in [3.05, 3.63) is 78.1 Å². The minimum Gasteiger partial charge on any atom is -0.493 e. The summed E-state index contributed by atoms with van der Waals surface area (Å²) in [6.07, 6.45) is 4.61. The van der Waals surface area contributed by atoms with Crippen molar-refractivity contribution in [2.45, 2.75) is 19.5 Å². The zero-order chi connectivity index (χ0) is 21.0. The van der Waals surface area contributed by atoms with Crippen LogP contribution in [0.5, 0.6) is 5.75 Å². The second-order valence-electron chi connectivity index (χ2n) is 6.80. The number of aromatic nitrogens is 2. The lowest BCUT2D eigenvalue weighted by atomic mass is 10.1. The van der Waals surface area contributed by atoms with Gasteiger partial charge in [0.05, 0.1) is 13.2 Å². The molecule has 30 heavy (non-hydrogen) atoms. The Hall–Kier alpha value is -3.32. The van der Waals surface area contributed by atoms with E-state index in [0.717, 1.165) is 24.4 Å². The number of rotatable bonds is 10. The fourth-order valence-electron chi connectivity index (χ4n) is 2.98. The molecule has 0 saturated carbocycles. The molecule has 0 unspecified atom stereocenters. The maximum Gasteiger partial charge on any atom is 0.195 e. The molecular formula is C23H29N5O2. The van der Waals surface area contributed by atoms with Gasteiger partial charge in [-0.25, -0.2) is 0 Å². The largest absolute Gasteiger partial charge is 0.493 e. The molecule has 3 aromatic rings. The molecule has 1 aromatic heterocycles. The van der Waals surface area contributed by atoms with Crippen LogP contribution in [0.4, 0.5) is 5.69 Å². The first-order valence-corrected chi connectivity index (χ1v) is 10.0. The molecule has 0 aliphatic carbocycles. The molecule has 3 rings (SSSR count). The van der Waals surface area contributed by atoms with Gasteiger partial charge in [0.15, 0.2) is 5.96 Å². The number of hydrogen-bond acceptors (Lipinski definition) is 4. The van der Waals surface area contributed by atoms with Gasteiger partial charge in [-0.15, -0.1) is 0 Å². The number of ether oxygens (including phenoxy) is 2. The van der Waals surface area contributed by atoms with E-state index in [9.17, 15) is 0 Å². The summed E-state index contributed by atoms with van der Waals surface area (Å²) in [5.74, 6) is 1.52. The summed E-state index contributed by atoms with van der Waals surface area (Å²) in [6, 6.07) is 18.2. The number of methoxy groups -OCH3 is 1. The highest BCUT2D eigenvalue weighted by atomic mass is 16.5. The van der Waals surface area contributed by atoms with Gasteiger partial charge in [-0.2, -0.15) is 5.10 Å². The van der Waals surface area contributed by atoms with Crippen LogP contribution >= 0.6 is 0 Å². The Morgan fingerprint density at radius 1 is 1.07 bits per heavy atom. The Morgan fingerprint density at radius 2 is 1.93 bits per heavy atom. The van der Waals surface area contributed by atoms with Crippen molar-refractivity contribution in [3.63, 3.8) is 0 Å². The standard InChI is InChI=1S/C23H29N5O2/c1-24-23(27-21-9-4-10-22(16-21)30-14-6-13-29-2)25-17-19-7-3-8-20(15-19)18-28-12-5-11-26-28/h3-5,7-12,15-16H,6,13-14,17-18H2,1-2H3,(H2,24,25,27). The molecule has 7 nitrogen and oxygen atoms in total. The third-order valence-electron chi connectivity index (χ3n) is 4.44. The van der Waals surface area contributed by atoms with E-state index in [4.69, 9.17) is 9.47 Å². The van der Waals surface area contributed by atoms with Crippen LogP contribution in [0.2, 0.25) is 0 Å². The summed E-state index contributed by atoms with van der Waals surface area (Å²) in [6.45, 7) is 2.74. The van der Waals surface area contributed by atoms with Crippen molar-refractivity contribution < 1.29 is 9.47 Å². The van der Waals surface area contributed by atoms with E-state index in [-0.39, 0.29) is 0 Å². The molecule has 7 heteroatoms. The molecular weight excluding hydrogens is 378 g/mol. The maximum atomic E-state index is 5.76. The number of hydrogen-bond donors (Lipinski definition) is 2. The molecule has 0 radical (unpaired) electrons.